The van der Waals surface area contributed by atoms with Crippen LogP contribution in [0.15, 0.2) is 24.3 Å². The number of non-ortho nitro benzene ring substituents is 1. The van der Waals surface area contributed by atoms with Gasteiger partial charge in [-0.3, -0.25) is 29.8 Å². The van der Waals surface area contributed by atoms with Gasteiger partial charge in [-0.15, -0.1) is 0 Å². The first-order valence-corrected chi connectivity index (χ1v) is 7.27. The summed E-state index contributed by atoms with van der Waals surface area (Å²) in [6, 6.07) is 3.53. The summed E-state index contributed by atoms with van der Waals surface area (Å²) >= 11 is 0. The van der Waals surface area contributed by atoms with E-state index in [2.05, 4.69) is 0 Å². The van der Waals surface area contributed by atoms with Crippen LogP contribution in [0.2, 0.25) is 0 Å². The van der Waals surface area contributed by atoms with Crippen molar-refractivity contribution in [1.29, 1.82) is 0 Å². The number of nitro benzene ring substituents is 1. The van der Waals surface area contributed by atoms with E-state index in [1.807, 2.05) is 5.32 Å². The lowest BCUT2D eigenvalue weighted by atomic mass is 9.78. The molecule has 2 rings (SSSR count). The Morgan fingerprint density at radius 3 is 2.42 bits per heavy atom. The molecule has 1 aliphatic heterocycles. The Morgan fingerprint density at radius 2 is 1.88 bits per heavy atom. The lowest BCUT2D eigenvalue weighted by Gasteiger charge is -2.37. The third-order valence-corrected chi connectivity index (χ3v) is 4.18. The summed E-state index contributed by atoms with van der Waals surface area (Å²) < 4.78 is 0. The van der Waals surface area contributed by atoms with Crippen molar-refractivity contribution in [2.24, 2.45) is 5.41 Å². The molecule has 1 heterocycles. The Hall–Kier alpha value is -3.10. The summed E-state index contributed by atoms with van der Waals surface area (Å²) in [7, 11) is 0. The van der Waals surface area contributed by atoms with Gasteiger partial charge in [0, 0.05) is 17.7 Å². The Labute approximate surface area is 136 Å². The van der Waals surface area contributed by atoms with Crippen LogP contribution in [0.5, 0.6) is 0 Å². The van der Waals surface area contributed by atoms with Crippen LogP contribution >= 0.6 is 0 Å². The molecule has 0 unspecified atom stereocenters. The topological polar surface area (TPSA) is 127 Å². The van der Waals surface area contributed by atoms with Crippen LogP contribution in [0, 0.1) is 15.5 Å². The summed E-state index contributed by atoms with van der Waals surface area (Å²) in [6.07, 6.45) is 0.223. The third-order valence-electron chi connectivity index (χ3n) is 4.18. The van der Waals surface area contributed by atoms with Gasteiger partial charge in [0.2, 0.25) is 5.91 Å². The van der Waals surface area contributed by atoms with Crippen molar-refractivity contribution < 1.29 is 24.1 Å². The highest BCUT2D eigenvalue weighted by atomic mass is 16.6. The quantitative estimate of drug-likeness (QED) is 0.386. The second-order valence-corrected chi connectivity index (χ2v) is 5.30. The molecule has 5 amide bonds. The number of benzene rings is 1. The molecule has 9 heteroatoms. The molecule has 126 valence electrons. The maximum atomic E-state index is 12.7. The number of nitrogens with zero attached hydrogens (tertiary/aromatic N) is 2. The van der Waals surface area contributed by atoms with Gasteiger partial charge in [-0.1, -0.05) is 19.9 Å². The number of imide groups is 4. The van der Waals surface area contributed by atoms with E-state index < -0.39 is 34.1 Å². The van der Waals surface area contributed by atoms with Gasteiger partial charge < -0.3 is 0 Å². The molecule has 1 fully saturated rings. The number of rotatable bonds is 4. The Bertz CT molecular complexity index is 753. The van der Waals surface area contributed by atoms with Crippen molar-refractivity contribution in [2.45, 2.75) is 26.7 Å². The summed E-state index contributed by atoms with van der Waals surface area (Å²) in [5.41, 5.74) is -2.05. The summed E-state index contributed by atoms with van der Waals surface area (Å²) in [5.74, 6) is -2.68. The van der Waals surface area contributed by atoms with Crippen LogP contribution in [0.3, 0.4) is 0 Å². The van der Waals surface area contributed by atoms with Crippen molar-refractivity contribution in [3.05, 3.63) is 39.9 Å². The SMILES string of the molecule is CCC1(CC)C(=O)NC(=O)N(C(=O)c2cccc([N+](=O)[O-])c2)C1=O. The van der Waals surface area contributed by atoms with Gasteiger partial charge in [0.1, 0.15) is 5.41 Å². The van der Waals surface area contributed by atoms with Crippen LogP contribution in [-0.2, 0) is 9.59 Å². The van der Waals surface area contributed by atoms with Crippen molar-refractivity contribution >= 4 is 29.4 Å². The standard InChI is InChI=1S/C15H15N3O6/c1-3-15(4-2)12(20)16-14(22)17(13(15)21)11(19)9-6-5-7-10(8-9)18(23)24/h5-8H,3-4H2,1-2H3,(H,16,20,22). The number of hydrogen-bond acceptors (Lipinski definition) is 6. The van der Waals surface area contributed by atoms with Crippen molar-refractivity contribution in [1.82, 2.24) is 10.2 Å². The van der Waals surface area contributed by atoms with Crippen molar-refractivity contribution in [2.75, 3.05) is 0 Å². The molecule has 0 spiro atoms. The molecular formula is C15H15N3O6. The van der Waals surface area contributed by atoms with E-state index in [9.17, 15) is 29.3 Å². The molecule has 0 aliphatic carbocycles. The molecule has 0 atom stereocenters. The second kappa shape index (κ2) is 6.19. The minimum atomic E-state index is -1.51. The molecule has 1 N–H and O–H groups in total. The number of carbonyl (C=O) groups excluding carboxylic acids is 4. The molecule has 1 saturated heterocycles. The second-order valence-electron chi connectivity index (χ2n) is 5.30. The minimum Gasteiger partial charge on any atom is -0.276 e. The zero-order valence-electron chi connectivity index (χ0n) is 13.1. The molecule has 0 bridgehead atoms. The van der Waals surface area contributed by atoms with E-state index in [1.165, 1.54) is 18.2 Å². The molecule has 1 aromatic rings. The summed E-state index contributed by atoms with van der Waals surface area (Å²) in [5, 5.41) is 12.8. The molecule has 9 nitrogen and oxygen atoms in total. The minimum absolute atomic E-state index is 0.111. The highest BCUT2D eigenvalue weighted by Crippen LogP contribution is 2.33. The fraction of sp³-hybridized carbons (Fsp3) is 0.333. The average Bonchev–Trinajstić information content (AvgIpc) is 2.55. The van der Waals surface area contributed by atoms with Gasteiger partial charge in [-0.2, -0.15) is 4.90 Å². The first kappa shape index (κ1) is 17.3. The van der Waals surface area contributed by atoms with Gasteiger partial charge in [0.15, 0.2) is 0 Å². The number of nitro groups is 1. The smallest absolute Gasteiger partial charge is 0.276 e. The van der Waals surface area contributed by atoms with Crippen LogP contribution in [0.25, 0.3) is 0 Å². The highest BCUT2D eigenvalue weighted by Gasteiger charge is 2.53. The Morgan fingerprint density at radius 1 is 1.25 bits per heavy atom. The highest BCUT2D eigenvalue weighted by molar-refractivity contribution is 6.27. The van der Waals surface area contributed by atoms with Crippen molar-refractivity contribution in [3.8, 4) is 0 Å². The number of amides is 5. The number of hydrogen-bond donors (Lipinski definition) is 1. The maximum absolute atomic E-state index is 12.7. The lowest BCUT2D eigenvalue weighted by Crippen LogP contribution is -2.64. The third kappa shape index (κ3) is 2.53. The maximum Gasteiger partial charge on any atom is 0.338 e. The summed E-state index contributed by atoms with van der Waals surface area (Å²) in [6.45, 7) is 3.21. The van der Waals surface area contributed by atoms with Gasteiger partial charge in [0.25, 0.3) is 17.5 Å². The number of barbiturate groups is 1. The largest absolute Gasteiger partial charge is 0.338 e. The van der Waals surface area contributed by atoms with Crippen LogP contribution in [0.4, 0.5) is 10.5 Å². The summed E-state index contributed by atoms with van der Waals surface area (Å²) in [4.78, 5) is 59.7. The van der Waals surface area contributed by atoms with Gasteiger partial charge in [-0.25, -0.2) is 4.79 Å². The Balaban J connectivity index is 2.46. The first-order valence-electron chi connectivity index (χ1n) is 7.27. The zero-order chi connectivity index (χ0) is 18.1. The molecule has 1 aromatic carbocycles. The van der Waals surface area contributed by atoms with Gasteiger partial charge in [-0.05, 0) is 18.9 Å². The zero-order valence-corrected chi connectivity index (χ0v) is 13.1. The Kier molecular flexibility index (Phi) is 4.45. The predicted molar refractivity (Wildman–Crippen MR) is 80.8 cm³/mol. The molecule has 0 radical (unpaired) electrons. The monoisotopic (exact) mass is 333 g/mol. The first-order chi connectivity index (χ1) is 11.3. The molecule has 1 aliphatic rings. The predicted octanol–water partition coefficient (Wildman–Crippen LogP) is 1.62. The van der Waals surface area contributed by atoms with Crippen LogP contribution in [0.1, 0.15) is 37.0 Å². The molecular weight excluding hydrogens is 318 g/mol. The molecule has 0 aromatic heterocycles. The van der Waals surface area contributed by atoms with E-state index in [-0.39, 0.29) is 24.1 Å². The van der Waals surface area contributed by atoms with Crippen LogP contribution < -0.4 is 5.32 Å². The fourth-order valence-corrected chi connectivity index (χ4v) is 2.62. The lowest BCUT2D eigenvalue weighted by molar-refractivity contribution is -0.384. The molecule has 24 heavy (non-hydrogen) atoms. The van der Waals surface area contributed by atoms with E-state index in [0.717, 1.165) is 6.07 Å². The van der Waals surface area contributed by atoms with E-state index >= 15 is 0 Å². The van der Waals surface area contributed by atoms with Crippen LogP contribution in [-0.4, -0.2) is 33.6 Å². The average molecular weight is 333 g/mol. The number of carbonyl (C=O) groups is 4. The van der Waals surface area contributed by atoms with E-state index in [1.54, 1.807) is 13.8 Å². The molecule has 0 saturated carbocycles. The van der Waals surface area contributed by atoms with E-state index in [0.29, 0.717) is 4.90 Å². The van der Waals surface area contributed by atoms with Gasteiger partial charge in [0.05, 0.1) is 4.92 Å². The van der Waals surface area contributed by atoms with Crippen molar-refractivity contribution in [3.63, 3.8) is 0 Å². The number of urea groups is 1. The van der Waals surface area contributed by atoms with Gasteiger partial charge >= 0.3 is 6.03 Å². The fourth-order valence-electron chi connectivity index (χ4n) is 2.62. The normalized spacial score (nSPS) is 16.8. The van der Waals surface area contributed by atoms with E-state index in [4.69, 9.17) is 0 Å². The number of nitrogens with one attached hydrogen (secondary N) is 1.